The Morgan fingerprint density at radius 3 is 2.77 bits per heavy atom. The standard InChI is InChI=1S/C20H28O2/c1-2-19(9-3-4-10-19)22-18(21)20-15-7-5-13(11-15)17(20)14-6-8-16(20)12-14/h5,7,13-17H,2-4,6,8-12H2,1H3. The first kappa shape index (κ1) is 13.6. The van der Waals surface area contributed by atoms with E-state index in [-0.39, 0.29) is 17.0 Å². The van der Waals surface area contributed by atoms with Crippen LogP contribution in [0.1, 0.15) is 64.7 Å². The van der Waals surface area contributed by atoms with E-state index in [1.807, 2.05) is 0 Å². The molecule has 4 fully saturated rings. The maximum atomic E-state index is 13.5. The molecule has 5 aliphatic rings. The second-order valence-electron chi connectivity index (χ2n) is 8.75. The lowest BCUT2D eigenvalue weighted by Crippen LogP contribution is -2.50. The van der Waals surface area contributed by atoms with E-state index in [1.54, 1.807) is 0 Å². The highest BCUT2D eigenvalue weighted by atomic mass is 16.6. The number of hydrogen-bond acceptors (Lipinski definition) is 2. The molecule has 0 aromatic heterocycles. The quantitative estimate of drug-likeness (QED) is 0.436. The predicted molar refractivity (Wildman–Crippen MR) is 85.1 cm³/mol. The van der Waals surface area contributed by atoms with Gasteiger partial charge in [-0.15, -0.1) is 0 Å². The van der Waals surface area contributed by atoms with Crippen molar-refractivity contribution in [1.82, 2.24) is 0 Å². The molecule has 0 N–H and O–H groups in total. The smallest absolute Gasteiger partial charge is 0.313 e. The Morgan fingerprint density at radius 2 is 2.00 bits per heavy atom. The Labute approximate surface area is 133 Å². The summed E-state index contributed by atoms with van der Waals surface area (Å²) in [5.41, 5.74) is -0.239. The molecule has 6 unspecified atom stereocenters. The SMILES string of the molecule is CCC1(OC(=O)C23C4C=CC(C4)C2C2CCC3C2)CCCC1. The third kappa shape index (κ3) is 1.45. The summed E-state index contributed by atoms with van der Waals surface area (Å²) in [5, 5.41) is 0. The van der Waals surface area contributed by atoms with Crippen molar-refractivity contribution in [1.29, 1.82) is 0 Å². The molecule has 0 aromatic rings. The number of ether oxygens (including phenoxy) is 1. The van der Waals surface area contributed by atoms with Crippen molar-refractivity contribution in [3.05, 3.63) is 12.2 Å². The van der Waals surface area contributed by atoms with Gasteiger partial charge in [-0.2, -0.15) is 0 Å². The van der Waals surface area contributed by atoms with Crippen LogP contribution in [0, 0.1) is 35.0 Å². The summed E-state index contributed by atoms with van der Waals surface area (Å²) in [7, 11) is 0. The number of allylic oxidation sites excluding steroid dienone is 2. The van der Waals surface area contributed by atoms with E-state index in [2.05, 4.69) is 19.1 Å². The molecule has 4 bridgehead atoms. The van der Waals surface area contributed by atoms with Crippen LogP contribution in [-0.2, 0) is 9.53 Å². The average Bonchev–Trinajstić information content (AvgIpc) is 3.30. The molecule has 0 aliphatic heterocycles. The molecule has 5 aliphatic carbocycles. The lowest BCUT2D eigenvalue weighted by Gasteiger charge is -2.45. The van der Waals surface area contributed by atoms with Gasteiger partial charge in [0.2, 0.25) is 0 Å². The Hall–Kier alpha value is -0.790. The van der Waals surface area contributed by atoms with Gasteiger partial charge < -0.3 is 4.74 Å². The summed E-state index contributed by atoms with van der Waals surface area (Å²) in [6, 6.07) is 0. The number of carbonyl (C=O) groups excluding carboxylic acids is 1. The fraction of sp³-hybridized carbons (Fsp3) is 0.850. The van der Waals surface area contributed by atoms with Gasteiger partial charge in [0.05, 0.1) is 5.41 Å². The molecular weight excluding hydrogens is 272 g/mol. The van der Waals surface area contributed by atoms with Crippen LogP contribution in [0.15, 0.2) is 12.2 Å². The van der Waals surface area contributed by atoms with Crippen LogP contribution in [0.5, 0.6) is 0 Å². The monoisotopic (exact) mass is 300 g/mol. The zero-order chi connectivity index (χ0) is 14.9. The van der Waals surface area contributed by atoms with Crippen LogP contribution in [-0.4, -0.2) is 11.6 Å². The molecule has 0 amide bonds. The summed E-state index contributed by atoms with van der Waals surface area (Å²) < 4.78 is 6.37. The highest BCUT2D eigenvalue weighted by Crippen LogP contribution is 2.73. The zero-order valence-electron chi connectivity index (χ0n) is 13.7. The van der Waals surface area contributed by atoms with Gasteiger partial charge >= 0.3 is 5.97 Å². The Kier molecular flexibility index (Phi) is 2.72. The molecular formula is C20H28O2. The van der Waals surface area contributed by atoms with E-state index in [0.29, 0.717) is 23.7 Å². The minimum Gasteiger partial charge on any atom is -0.459 e. The fourth-order valence-corrected chi connectivity index (χ4v) is 7.33. The molecule has 4 saturated carbocycles. The first-order chi connectivity index (χ1) is 10.7. The Bertz CT molecular complexity index is 530. The van der Waals surface area contributed by atoms with Crippen molar-refractivity contribution >= 4 is 5.97 Å². The predicted octanol–water partition coefficient (Wildman–Crippen LogP) is 4.49. The normalized spacial score (nSPS) is 49.8. The molecule has 0 saturated heterocycles. The highest BCUT2D eigenvalue weighted by Gasteiger charge is 2.72. The lowest BCUT2D eigenvalue weighted by atomic mass is 9.61. The molecule has 2 nitrogen and oxygen atoms in total. The fourth-order valence-electron chi connectivity index (χ4n) is 7.33. The molecule has 120 valence electrons. The molecule has 0 spiro atoms. The minimum absolute atomic E-state index is 0.118. The largest absolute Gasteiger partial charge is 0.459 e. The number of carbonyl (C=O) groups is 1. The molecule has 6 atom stereocenters. The van der Waals surface area contributed by atoms with Gasteiger partial charge in [-0.25, -0.2) is 0 Å². The number of rotatable bonds is 3. The molecule has 2 heteroatoms. The molecule has 0 heterocycles. The zero-order valence-corrected chi connectivity index (χ0v) is 13.7. The van der Waals surface area contributed by atoms with Gasteiger partial charge in [0.15, 0.2) is 0 Å². The van der Waals surface area contributed by atoms with E-state index in [0.717, 1.165) is 25.2 Å². The van der Waals surface area contributed by atoms with Crippen molar-refractivity contribution < 1.29 is 9.53 Å². The Balaban J connectivity index is 1.50. The number of fused-ring (bicyclic) bond motifs is 9. The maximum absolute atomic E-state index is 13.5. The summed E-state index contributed by atoms with van der Waals surface area (Å²) in [6.07, 6.45) is 15.6. The van der Waals surface area contributed by atoms with Gasteiger partial charge in [-0.3, -0.25) is 4.79 Å². The van der Waals surface area contributed by atoms with Crippen LogP contribution in [0.4, 0.5) is 0 Å². The van der Waals surface area contributed by atoms with Gasteiger partial charge in [-0.1, -0.05) is 19.1 Å². The number of hydrogen-bond donors (Lipinski definition) is 0. The third-order valence-electron chi connectivity index (χ3n) is 8.22. The second-order valence-corrected chi connectivity index (χ2v) is 8.75. The van der Waals surface area contributed by atoms with Gasteiger partial charge in [0.1, 0.15) is 5.60 Å². The third-order valence-corrected chi connectivity index (χ3v) is 8.22. The van der Waals surface area contributed by atoms with Crippen LogP contribution in [0.2, 0.25) is 0 Å². The molecule has 0 radical (unpaired) electrons. The van der Waals surface area contributed by atoms with Crippen molar-refractivity contribution in [2.45, 2.75) is 70.3 Å². The van der Waals surface area contributed by atoms with Gasteiger partial charge in [0, 0.05) is 0 Å². The van der Waals surface area contributed by atoms with E-state index in [1.165, 1.54) is 38.5 Å². The van der Waals surface area contributed by atoms with Gasteiger partial charge in [0.25, 0.3) is 0 Å². The van der Waals surface area contributed by atoms with Crippen LogP contribution in [0.25, 0.3) is 0 Å². The number of esters is 1. The molecule has 0 aromatic carbocycles. The van der Waals surface area contributed by atoms with E-state index >= 15 is 0 Å². The van der Waals surface area contributed by atoms with E-state index in [9.17, 15) is 4.79 Å². The van der Waals surface area contributed by atoms with Crippen molar-refractivity contribution in [3.8, 4) is 0 Å². The Morgan fingerprint density at radius 1 is 1.18 bits per heavy atom. The van der Waals surface area contributed by atoms with Crippen LogP contribution >= 0.6 is 0 Å². The van der Waals surface area contributed by atoms with Crippen molar-refractivity contribution in [2.75, 3.05) is 0 Å². The van der Waals surface area contributed by atoms with E-state index in [4.69, 9.17) is 4.74 Å². The lowest BCUT2D eigenvalue weighted by molar-refractivity contribution is -0.182. The summed E-state index contributed by atoms with van der Waals surface area (Å²) in [4.78, 5) is 13.5. The van der Waals surface area contributed by atoms with E-state index < -0.39 is 0 Å². The minimum atomic E-state index is -0.121. The average molecular weight is 300 g/mol. The first-order valence-electron chi connectivity index (χ1n) is 9.61. The molecule has 5 rings (SSSR count). The van der Waals surface area contributed by atoms with Gasteiger partial charge in [-0.05, 0) is 87.4 Å². The maximum Gasteiger partial charge on any atom is 0.313 e. The van der Waals surface area contributed by atoms with Crippen molar-refractivity contribution in [3.63, 3.8) is 0 Å². The summed E-state index contributed by atoms with van der Waals surface area (Å²) in [5.74, 6) is 3.41. The van der Waals surface area contributed by atoms with Crippen LogP contribution < -0.4 is 0 Å². The van der Waals surface area contributed by atoms with Crippen molar-refractivity contribution in [2.24, 2.45) is 35.0 Å². The summed E-state index contributed by atoms with van der Waals surface area (Å²) in [6.45, 7) is 2.20. The summed E-state index contributed by atoms with van der Waals surface area (Å²) >= 11 is 0. The van der Waals surface area contributed by atoms with Crippen LogP contribution in [0.3, 0.4) is 0 Å². The topological polar surface area (TPSA) is 26.3 Å². The highest BCUT2D eigenvalue weighted by molar-refractivity contribution is 5.81. The first-order valence-corrected chi connectivity index (χ1v) is 9.61. The molecule has 22 heavy (non-hydrogen) atoms. The second kappa shape index (κ2) is 4.39.